The summed E-state index contributed by atoms with van der Waals surface area (Å²) < 4.78 is 32.3. The number of ether oxygens (including phenoxy) is 2. The van der Waals surface area contributed by atoms with Gasteiger partial charge in [0.25, 0.3) is 12.9 Å². The van der Waals surface area contributed by atoms with Crippen molar-refractivity contribution in [1.82, 2.24) is 9.97 Å². The molecule has 154 valence electrons. The van der Waals surface area contributed by atoms with Gasteiger partial charge < -0.3 is 34.6 Å². The summed E-state index contributed by atoms with van der Waals surface area (Å²) >= 11 is 0. The molecule has 0 bridgehead atoms. The first kappa shape index (κ1) is 23.8. The highest BCUT2D eigenvalue weighted by molar-refractivity contribution is 8.53. The minimum Gasteiger partial charge on any atom is -0.473 e. The monoisotopic (exact) mass is 452 g/mol. The van der Waals surface area contributed by atoms with Crippen LogP contribution in [0.3, 0.4) is 0 Å². The number of allylic oxidation sites excluding steroid dienone is 1. The molecule has 0 spiro atoms. The lowest BCUT2D eigenvalue weighted by atomic mass is 10.3. The van der Waals surface area contributed by atoms with E-state index in [1.54, 1.807) is 0 Å². The molecule has 0 fully saturated rings. The highest BCUT2D eigenvalue weighted by Crippen LogP contribution is 2.77. The summed E-state index contributed by atoms with van der Waals surface area (Å²) in [5, 5.41) is 0. The Hall–Kier alpha value is -2.28. The number of carbonyl (C=O) groups is 3. The molecule has 1 aromatic rings. The van der Waals surface area contributed by atoms with Crippen molar-refractivity contribution in [3.63, 3.8) is 0 Å². The molecule has 0 aliphatic heterocycles. The molecule has 28 heavy (non-hydrogen) atoms. The second-order valence-electron chi connectivity index (χ2n) is 4.95. The Morgan fingerprint density at radius 2 is 1.82 bits per heavy atom. The van der Waals surface area contributed by atoms with Crippen LogP contribution in [0.25, 0.3) is 0 Å². The number of carbonyl (C=O) groups excluding carboxylic acids is 3. The maximum absolute atomic E-state index is 12.7. The maximum Gasteiger partial charge on any atom is 0.302 e. The van der Waals surface area contributed by atoms with Crippen LogP contribution in [0.15, 0.2) is 17.7 Å². The summed E-state index contributed by atoms with van der Waals surface area (Å²) in [6.07, 6.45) is 1.43. The van der Waals surface area contributed by atoms with E-state index in [0.717, 1.165) is 0 Å². The standard InChI is InChI=1S/C13H19N4O8P3/c1-9(20)22-5-10(6-23-12-4-11(14)16-13(15)17-12)2-3-28(21,26-24-7-18)27-25-8-19/h2,4,7-8,26-27H,3,5-6H2,1H3,(H4,14,15,16,17)/b10-2+. The minimum absolute atomic E-state index is 0.0699. The second-order valence-corrected chi connectivity index (χ2v) is 14.4. The van der Waals surface area contributed by atoms with E-state index in [2.05, 4.69) is 19.0 Å². The van der Waals surface area contributed by atoms with Crippen LogP contribution in [0.2, 0.25) is 0 Å². The highest BCUT2D eigenvalue weighted by atomic mass is 32.5. The first-order chi connectivity index (χ1) is 13.3. The normalized spacial score (nSPS) is 14.0. The first-order valence-corrected chi connectivity index (χ1v) is 12.8. The van der Waals surface area contributed by atoms with Crippen molar-refractivity contribution >= 4 is 54.2 Å². The van der Waals surface area contributed by atoms with E-state index in [1.165, 1.54) is 19.1 Å². The molecule has 0 aliphatic carbocycles. The Labute approximate surface area is 163 Å². The number of anilines is 2. The van der Waals surface area contributed by atoms with E-state index in [4.69, 9.17) is 20.9 Å². The van der Waals surface area contributed by atoms with Crippen molar-refractivity contribution in [3.05, 3.63) is 17.7 Å². The van der Waals surface area contributed by atoms with Gasteiger partial charge in [-0.1, -0.05) is 6.08 Å². The Kier molecular flexibility index (Phi) is 10.4. The van der Waals surface area contributed by atoms with Crippen LogP contribution in [-0.4, -0.2) is 48.3 Å². The van der Waals surface area contributed by atoms with Crippen molar-refractivity contribution in [2.45, 2.75) is 6.92 Å². The summed E-state index contributed by atoms with van der Waals surface area (Å²) in [7, 11) is -1.35. The fraction of sp³-hybridized carbons (Fsp3) is 0.308. The van der Waals surface area contributed by atoms with Gasteiger partial charge in [-0.25, -0.2) is 0 Å². The molecule has 2 unspecified atom stereocenters. The van der Waals surface area contributed by atoms with Crippen LogP contribution in [-0.2, 0) is 32.7 Å². The fourth-order valence-electron chi connectivity index (χ4n) is 1.62. The first-order valence-electron chi connectivity index (χ1n) is 7.44. The van der Waals surface area contributed by atoms with Gasteiger partial charge >= 0.3 is 5.97 Å². The molecule has 15 heteroatoms. The van der Waals surface area contributed by atoms with Gasteiger partial charge in [0.15, 0.2) is 0 Å². The number of nitrogens with two attached hydrogens (primary N) is 2. The summed E-state index contributed by atoms with van der Waals surface area (Å²) in [6.45, 7) is -1.83. The number of nitrogen functional groups attached to an aromatic ring is 2. The summed E-state index contributed by atoms with van der Waals surface area (Å²) in [5.41, 5.74) is 11.5. The third-order valence-corrected chi connectivity index (χ3v) is 9.57. The van der Waals surface area contributed by atoms with Crippen molar-refractivity contribution in [3.8, 4) is 5.88 Å². The molecule has 0 amide bonds. The SMILES string of the molecule is CC(=O)OC/C(=C\CP(=O)(POC=O)POC=O)COc1cc(N)nc(N)n1. The molecule has 0 saturated heterocycles. The average Bonchev–Trinajstić information content (AvgIpc) is 2.63. The molecule has 1 heterocycles. The van der Waals surface area contributed by atoms with E-state index >= 15 is 0 Å². The third-order valence-electron chi connectivity index (χ3n) is 2.74. The van der Waals surface area contributed by atoms with Gasteiger partial charge in [0.2, 0.25) is 18.3 Å². The van der Waals surface area contributed by atoms with Crippen molar-refractivity contribution < 1.29 is 37.5 Å². The lowest BCUT2D eigenvalue weighted by Crippen LogP contribution is -2.12. The molecule has 0 aromatic carbocycles. The van der Waals surface area contributed by atoms with Crippen LogP contribution in [0.5, 0.6) is 5.88 Å². The van der Waals surface area contributed by atoms with E-state index in [9.17, 15) is 18.9 Å². The zero-order valence-corrected chi connectivity index (χ0v) is 17.6. The molecular formula is C13H19N4O8P3. The van der Waals surface area contributed by atoms with E-state index in [0.29, 0.717) is 5.57 Å². The minimum atomic E-state index is -3.15. The quantitative estimate of drug-likeness (QED) is 0.144. The van der Waals surface area contributed by atoms with Crippen molar-refractivity contribution in [2.75, 3.05) is 30.8 Å². The molecular weight excluding hydrogens is 433 g/mol. The number of rotatable bonds is 13. The Morgan fingerprint density at radius 3 is 2.36 bits per heavy atom. The van der Waals surface area contributed by atoms with Gasteiger partial charge in [0.1, 0.15) is 36.0 Å². The Morgan fingerprint density at radius 1 is 1.18 bits per heavy atom. The number of hydrogen-bond donors (Lipinski definition) is 2. The van der Waals surface area contributed by atoms with E-state index < -0.39 is 29.5 Å². The van der Waals surface area contributed by atoms with E-state index in [-0.39, 0.29) is 50.0 Å². The lowest BCUT2D eigenvalue weighted by Gasteiger charge is -2.14. The van der Waals surface area contributed by atoms with Crippen LogP contribution < -0.4 is 16.2 Å². The Bertz CT molecular complexity index is 740. The van der Waals surface area contributed by atoms with Gasteiger partial charge in [-0.05, 0) is 0 Å². The van der Waals surface area contributed by atoms with Crippen molar-refractivity contribution in [1.29, 1.82) is 0 Å². The average molecular weight is 452 g/mol. The topological polar surface area (TPSA) is 183 Å². The van der Waals surface area contributed by atoms with Gasteiger partial charge in [-0.15, -0.1) is 0 Å². The molecule has 1 rings (SSSR count). The third kappa shape index (κ3) is 9.60. The second kappa shape index (κ2) is 12.2. The molecule has 0 aliphatic rings. The van der Waals surface area contributed by atoms with Crippen LogP contribution in [0.4, 0.5) is 11.8 Å². The van der Waals surface area contributed by atoms with Gasteiger partial charge in [0, 0.05) is 24.7 Å². The number of nitrogens with zero attached hydrogens (tertiary/aromatic N) is 2. The Balaban J connectivity index is 2.89. The van der Waals surface area contributed by atoms with Crippen molar-refractivity contribution in [2.24, 2.45) is 0 Å². The van der Waals surface area contributed by atoms with Crippen LogP contribution >= 0.6 is 23.5 Å². The molecule has 1 aromatic heterocycles. The highest BCUT2D eigenvalue weighted by Gasteiger charge is 2.25. The molecule has 4 N–H and O–H groups in total. The predicted octanol–water partition coefficient (Wildman–Crippen LogP) is 1.24. The maximum atomic E-state index is 12.7. The summed E-state index contributed by atoms with van der Waals surface area (Å²) in [6, 6.07) is 1.35. The fourth-order valence-corrected chi connectivity index (χ4v) is 6.42. The van der Waals surface area contributed by atoms with Gasteiger partial charge in [-0.3, -0.25) is 14.4 Å². The molecule has 12 nitrogen and oxygen atoms in total. The molecule has 0 saturated carbocycles. The van der Waals surface area contributed by atoms with Gasteiger partial charge in [0.05, 0.1) is 0 Å². The largest absolute Gasteiger partial charge is 0.473 e. The molecule has 0 radical (unpaired) electrons. The predicted molar refractivity (Wildman–Crippen MR) is 104 cm³/mol. The summed E-state index contributed by atoms with van der Waals surface area (Å²) in [5.74, 6) is -0.400. The zero-order chi connectivity index (χ0) is 21.0. The summed E-state index contributed by atoms with van der Waals surface area (Å²) in [4.78, 5) is 39.4. The van der Waals surface area contributed by atoms with E-state index in [1.807, 2.05) is 0 Å². The number of esters is 1. The number of aromatic nitrogens is 2. The molecule has 2 atom stereocenters. The van der Waals surface area contributed by atoms with Crippen LogP contribution in [0, 0.1) is 0 Å². The smallest absolute Gasteiger partial charge is 0.302 e. The van der Waals surface area contributed by atoms with Gasteiger partial charge in [-0.2, -0.15) is 9.97 Å². The zero-order valence-electron chi connectivity index (χ0n) is 14.7. The number of hydrogen-bond acceptors (Lipinski definition) is 12. The van der Waals surface area contributed by atoms with Crippen LogP contribution in [0.1, 0.15) is 6.92 Å². The lowest BCUT2D eigenvalue weighted by molar-refractivity contribution is -0.140.